The van der Waals surface area contributed by atoms with Crippen LogP contribution in [0.3, 0.4) is 0 Å². The van der Waals surface area contributed by atoms with Gasteiger partial charge in [-0.3, -0.25) is 4.79 Å². The molecule has 0 unspecified atom stereocenters. The maximum atomic E-state index is 12.7. The van der Waals surface area contributed by atoms with Gasteiger partial charge in [-0.2, -0.15) is 0 Å². The highest BCUT2D eigenvalue weighted by atomic mass is 32.2. The first kappa shape index (κ1) is 23.6. The lowest BCUT2D eigenvalue weighted by atomic mass is 9.89. The number of carbonyl (C=O) groups is 2. The van der Waals surface area contributed by atoms with Crippen molar-refractivity contribution in [2.24, 2.45) is 0 Å². The number of rotatable bonds is 7. The van der Waals surface area contributed by atoms with Gasteiger partial charge in [0.25, 0.3) is 0 Å². The van der Waals surface area contributed by atoms with E-state index in [1.54, 1.807) is 12.1 Å². The molecule has 5 N–H and O–H groups in total. The molecule has 29 heavy (non-hydrogen) atoms. The second kappa shape index (κ2) is 9.88. The van der Waals surface area contributed by atoms with E-state index in [2.05, 4.69) is 5.32 Å². The van der Waals surface area contributed by atoms with Gasteiger partial charge in [0.05, 0.1) is 25.9 Å². The van der Waals surface area contributed by atoms with Crippen LogP contribution in [0.5, 0.6) is 0 Å². The van der Waals surface area contributed by atoms with Crippen molar-refractivity contribution in [3.05, 3.63) is 29.8 Å². The molecule has 0 radical (unpaired) electrons. The number of methoxy groups -OCH3 is 1. The van der Waals surface area contributed by atoms with E-state index in [1.165, 1.54) is 14.0 Å². The van der Waals surface area contributed by atoms with Crippen molar-refractivity contribution in [1.29, 1.82) is 0 Å². The van der Waals surface area contributed by atoms with Crippen LogP contribution < -0.4 is 5.32 Å². The van der Waals surface area contributed by atoms with E-state index in [-0.39, 0.29) is 6.42 Å². The van der Waals surface area contributed by atoms with Crippen LogP contribution in [0.4, 0.5) is 0 Å². The maximum Gasteiger partial charge on any atom is 0.349 e. The highest BCUT2D eigenvalue weighted by molar-refractivity contribution is 8.01. The molecule has 0 saturated carbocycles. The molecular formula is C19H27NO8S. The number of aliphatic hydroxyl groups excluding tert-OH is 4. The molecule has 1 aromatic rings. The van der Waals surface area contributed by atoms with Crippen LogP contribution in [0.1, 0.15) is 18.9 Å². The van der Waals surface area contributed by atoms with Crippen LogP contribution in [0.2, 0.25) is 0 Å². The highest BCUT2D eigenvalue weighted by Crippen LogP contribution is 2.44. The normalized spacial score (nSPS) is 29.0. The molecule has 1 heterocycles. The molecule has 1 amide bonds. The van der Waals surface area contributed by atoms with Gasteiger partial charge in [-0.1, -0.05) is 29.5 Å². The summed E-state index contributed by atoms with van der Waals surface area (Å²) in [7, 11) is 1.17. The Labute approximate surface area is 173 Å². The number of aliphatic hydroxyl groups is 4. The van der Waals surface area contributed by atoms with Crippen molar-refractivity contribution in [3.63, 3.8) is 0 Å². The van der Waals surface area contributed by atoms with Crippen LogP contribution in [0.25, 0.3) is 0 Å². The fourth-order valence-electron chi connectivity index (χ4n) is 3.18. The van der Waals surface area contributed by atoms with Crippen LogP contribution >= 0.6 is 11.8 Å². The lowest BCUT2D eigenvalue weighted by molar-refractivity contribution is -0.206. The number of thioether (sulfide) groups is 1. The summed E-state index contributed by atoms with van der Waals surface area (Å²) in [5.74, 6) is -1.29. The zero-order valence-corrected chi connectivity index (χ0v) is 17.3. The molecule has 10 heteroatoms. The number of amides is 1. The molecule has 1 fully saturated rings. The minimum absolute atomic E-state index is 0.235. The number of hydrogen-bond acceptors (Lipinski definition) is 9. The minimum atomic E-state index is -1.74. The van der Waals surface area contributed by atoms with E-state index in [0.717, 1.165) is 17.3 Å². The summed E-state index contributed by atoms with van der Waals surface area (Å²) >= 11 is 0.994. The standard InChI is InChI=1S/C19H27NO8S/c1-10-4-6-12(7-5-10)29-19(18(26)27-3)8-13(23)15(20-11(2)22)17(28-19)16(25)14(24)9-21/h4-7,13-17,21,23-25H,8-9H2,1-3H3,(H,20,22)/t13-,14+,15+,16+,17+,19+/m0/s1. The van der Waals surface area contributed by atoms with Gasteiger partial charge in [0.1, 0.15) is 18.3 Å². The van der Waals surface area contributed by atoms with Gasteiger partial charge in [0.2, 0.25) is 10.8 Å². The zero-order chi connectivity index (χ0) is 21.8. The fourth-order valence-corrected chi connectivity index (χ4v) is 4.41. The van der Waals surface area contributed by atoms with Crippen LogP contribution in [0.15, 0.2) is 29.2 Å². The quantitative estimate of drug-likeness (QED) is 0.356. The van der Waals surface area contributed by atoms with E-state index in [4.69, 9.17) is 9.47 Å². The zero-order valence-electron chi connectivity index (χ0n) is 16.4. The molecule has 6 atom stereocenters. The molecule has 2 rings (SSSR count). The summed E-state index contributed by atoms with van der Waals surface area (Å²) < 4.78 is 10.8. The third kappa shape index (κ3) is 5.47. The molecule has 162 valence electrons. The van der Waals surface area contributed by atoms with E-state index < -0.39 is 53.9 Å². The van der Waals surface area contributed by atoms with E-state index in [1.807, 2.05) is 19.1 Å². The van der Waals surface area contributed by atoms with Crippen LogP contribution in [-0.4, -0.2) is 81.4 Å². The van der Waals surface area contributed by atoms with Gasteiger partial charge < -0.3 is 35.2 Å². The largest absolute Gasteiger partial charge is 0.466 e. The van der Waals surface area contributed by atoms with Crippen molar-refractivity contribution in [2.45, 2.75) is 60.6 Å². The van der Waals surface area contributed by atoms with Gasteiger partial charge >= 0.3 is 5.97 Å². The molecule has 0 bridgehead atoms. The van der Waals surface area contributed by atoms with E-state index in [0.29, 0.717) is 4.90 Å². The lowest BCUT2D eigenvalue weighted by Gasteiger charge is -2.47. The third-order valence-corrected chi connectivity index (χ3v) is 5.93. The first-order valence-electron chi connectivity index (χ1n) is 9.07. The molecular weight excluding hydrogens is 402 g/mol. The summed E-state index contributed by atoms with van der Waals surface area (Å²) in [5, 5.41) is 42.8. The summed E-state index contributed by atoms with van der Waals surface area (Å²) in [4.78, 5) is 23.2. The Morgan fingerprint density at radius 1 is 1.34 bits per heavy atom. The summed E-state index contributed by atoms with van der Waals surface area (Å²) in [6.07, 6.45) is -6.21. The van der Waals surface area contributed by atoms with Crippen LogP contribution in [-0.2, 0) is 19.1 Å². The number of ether oxygens (including phenoxy) is 2. The number of aryl methyl sites for hydroxylation is 1. The molecule has 9 nitrogen and oxygen atoms in total. The number of esters is 1. The third-order valence-electron chi connectivity index (χ3n) is 4.66. The van der Waals surface area contributed by atoms with Crippen LogP contribution in [0, 0.1) is 6.92 Å². The smallest absolute Gasteiger partial charge is 0.349 e. The van der Waals surface area contributed by atoms with Crippen molar-refractivity contribution in [3.8, 4) is 0 Å². The average molecular weight is 429 g/mol. The Bertz CT molecular complexity index is 715. The molecule has 1 aliphatic heterocycles. The first-order chi connectivity index (χ1) is 13.6. The van der Waals surface area contributed by atoms with E-state index >= 15 is 0 Å². The summed E-state index contributed by atoms with van der Waals surface area (Å²) in [6, 6.07) is 6.12. The Hall–Kier alpha value is -1.69. The summed E-state index contributed by atoms with van der Waals surface area (Å²) in [6.45, 7) is 2.36. The fraction of sp³-hybridized carbons (Fsp3) is 0.579. The van der Waals surface area contributed by atoms with Crippen molar-refractivity contribution in [1.82, 2.24) is 5.32 Å². The Morgan fingerprint density at radius 3 is 2.48 bits per heavy atom. The molecule has 1 aromatic carbocycles. The SMILES string of the molecule is COC(=O)[C@]1(Sc2ccc(C)cc2)C[C@H](O)[C@@H](NC(C)=O)[C@H]([C@H](O)[C@H](O)CO)O1. The Balaban J connectivity index is 2.44. The van der Waals surface area contributed by atoms with E-state index in [9.17, 15) is 30.0 Å². The van der Waals surface area contributed by atoms with Gasteiger partial charge in [-0.05, 0) is 19.1 Å². The second-order valence-electron chi connectivity index (χ2n) is 6.98. The molecule has 0 spiro atoms. The van der Waals surface area contributed by atoms with Crippen molar-refractivity contribution >= 4 is 23.6 Å². The monoisotopic (exact) mass is 429 g/mol. The molecule has 0 aliphatic carbocycles. The highest BCUT2D eigenvalue weighted by Gasteiger charge is 2.55. The minimum Gasteiger partial charge on any atom is -0.466 e. The Kier molecular flexibility index (Phi) is 8.03. The molecule has 1 saturated heterocycles. The molecule has 1 aliphatic rings. The number of carbonyl (C=O) groups excluding carboxylic acids is 2. The van der Waals surface area contributed by atoms with Gasteiger partial charge in [-0.15, -0.1) is 0 Å². The van der Waals surface area contributed by atoms with Crippen molar-refractivity contribution < 1.29 is 39.5 Å². The lowest BCUT2D eigenvalue weighted by Crippen LogP contribution is -2.66. The number of nitrogens with one attached hydrogen (secondary N) is 1. The predicted octanol–water partition coefficient (Wildman–Crippen LogP) is -0.675. The first-order valence-corrected chi connectivity index (χ1v) is 9.89. The predicted molar refractivity (Wildman–Crippen MR) is 104 cm³/mol. The second-order valence-corrected chi connectivity index (χ2v) is 8.32. The number of hydrogen-bond donors (Lipinski definition) is 5. The molecule has 0 aromatic heterocycles. The average Bonchev–Trinajstić information content (AvgIpc) is 2.69. The van der Waals surface area contributed by atoms with Gasteiger partial charge in [-0.25, -0.2) is 4.79 Å². The topological polar surface area (TPSA) is 146 Å². The van der Waals surface area contributed by atoms with Crippen molar-refractivity contribution in [2.75, 3.05) is 13.7 Å². The van der Waals surface area contributed by atoms with Gasteiger partial charge in [0, 0.05) is 18.2 Å². The number of benzene rings is 1. The Morgan fingerprint density at radius 2 is 1.97 bits per heavy atom. The maximum absolute atomic E-state index is 12.7. The van der Waals surface area contributed by atoms with Gasteiger partial charge in [0.15, 0.2) is 0 Å². The summed E-state index contributed by atoms with van der Waals surface area (Å²) in [5.41, 5.74) is 1.01.